The van der Waals surface area contributed by atoms with Crippen LogP contribution in [0.3, 0.4) is 0 Å². The quantitative estimate of drug-likeness (QED) is 0.233. The van der Waals surface area contributed by atoms with Gasteiger partial charge in [0, 0.05) is 6.92 Å². The van der Waals surface area contributed by atoms with Gasteiger partial charge in [-0.1, -0.05) is 0 Å². The normalized spacial score (nSPS) is 44.1. The lowest BCUT2D eigenvalue weighted by molar-refractivity contribution is -0.266. The zero-order valence-electron chi connectivity index (χ0n) is 8.57. The summed E-state index contributed by atoms with van der Waals surface area (Å²) in [5.41, 5.74) is -3.29. The zero-order valence-corrected chi connectivity index (χ0v) is 9.46. The standard InChI is InChI=1S/C8H15NO6S/c1-3(11)9-8(14)4(2-10)15-7(16)5(12)6(8)13/h4-7,10,12-14,16H,2H2,1H3,(H,9,11)/t4-,5-,6-,7+,8-/m1/s1. The van der Waals surface area contributed by atoms with Crippen molar-refractivity contribution in [3.8, 4) is 0 Å². The molecule has 1 aliphatic heterocycles. The van der Waals surface area contributed by atoms with Crippen molar-refractivity contribution < 1.29 is 30.0 Å². The summed E-state index contributed by atoms with van der Waals surface area (Å²) in [6, 6.07) is 0. The van der Waals surface area contributed by atoms with Crippen LogP contribution >= 0.6 is 12.6 Å². The highest BCUT2D eigenvalue weighted by Crippen LogP contribution is 2.29. The lowest BCUT2D eigenvalue weighted by Crippen LogP contribution is -2.72. The Kier molecular flexibility index (Phi) is 4.16. The van der Waals surface area contributed by atoms with Crippen molar-refractivity contribution in [3.63, 3.8) is 0 Å². The van der Waals surface area contributed by atoms with Gasteiger partial charge in [-0.15, -0.1) is 12.6 Å². The molecule has 0 aromatic rings. The smallest absolute Gasteiger partial charge is 0.219 e. The third-order valence-corrected chi connectivity index (χ3v) is 2.83. The van der Waals surface area contributed by atoms with Crippen molar-refractivity contribution in [3.05, 3.63) is 0 Å². The number of hydrogen-bond acceptors (Lipinski definition) is 7. The van der Waals surface area contributed by atoms with Crippen LogP contribution in [0.2, 0.25) is 0 Å². The number of rotatable bonds is 2. The number of nitrogens with one attached hydrogen (secondary N) is 1. The van der Waals surface area contributed by atoms with Gasteiger partial charge in [-0.3, -0.25) is 4.79 Å². The maximum atomic E-state index is 10.9. The van der Waals surface area contributed by atoms with Crippen LogP contribution in [0.5, 0.6) is 0 Å². The molecule has 0 radical (unpaired) electrons. The Morgan fingerprint density at radius 3 is 2.56 bits per heavy atom. The molecule has 0 aliphatic carbocycles. The molecule has 16 heavy (non-hydrogen) atoms. The second-order valence-corrected chi connectivity index (χ2v) is 4.15. The highest BCUT2D eigenvalue weighted by atomic mass is 32.1. The molecule has 0 unspecified atom stereocenters. The van der Waals surface area contributed by atoms with Gasteiger partial charge in [-0.2, -0.15) is 0 Å². The molecule has 0 saturated carbocycles. The molecule has 0 aromatic carbocycles. The van der Waals surface area contributed by atoms with Gasteiger partial charge >= 0.3 is 0 Å². The maximum Gasteiger partial charge on any atom is 0.219 e. The number of aliphatic hydroxyl groups excluding tert-OH is 3. The molecule has 0 aromatic heterocycles. The summed E-state index contributed by atoms with van der Waals surface area (Å²) in [6.45, 7) is 0.482. The fraction of sp³-hybridized carbons (Fsp3) is 0.875. The fourth-order valence-electron chi connectivity index (χ4n) is 1.58. The van der Waals surface area contributed by atoms with E-state index in [0.29, 0.717) is 0 Å². The van der Waals surface area contributed by atoms with Gasteiger partial charge in [0.2, 0.25) is 5.91 Å². The molecule has 1 saturated heterocycles. The van der Waals surface area contributed by atoms with E-state index >= 15 is 0 Å². The minimum absolute atomic E-state index is 0.631. The summed E-state index contributed by atoms with van der Waals surface area (Å²) in [7, 11) is 0. The number of thiol groups is 1. The van der Waals surface area contributed by atoms with Crippen LogP contribution in [0, 0.1) is 0 Å². The summed E-state index contributed by atoms with van der Waals surface area (Å²) in [6.07, 6.45) is -4.45. The van der Waals surface area contributed by atoms with E-state index in [9.17, 15) is 20.1 Å². The minimum atomic E-state index is -2.24. The lowest BCUT2D eigenvalue weighted by Gasteiger charge is -2.46. The van der Waals surface area contributed by atoms with E-state index in [-0.39, 0.29) is 0 Å². The molecule has 5 N–H and O–H groups in total. The highest BCUT2D eigenvalue weighted by Gasteiger charge is 2.54. The predicted octanol–water partition coefficient (Wildman–Crippen LogP) is -2.82. The summed E-state index contributed by atoms with van der Waals surface area (Å²) in [5.74, 6) is -0.631. The van der Waals surface area contributed by atoms with Gasteiger partial charge in [0.05, 0.1) is 6.61 Å². The van der Waals surface area contributed by atoms with E-state index < -0.39 is 42.0 Å². The Bertz CT molecular complexity index is 273. The van der Waals surface area contributed by atoms with Crippen molar-refractivity contribution in [1.82, 2.24) is 5.32 Å². The number of ether oxygens (including phenoxy) is 1. The molecule has 0 spiro atoms. The van der Waals surface area contributed by atoms with Crippen LogP contribution in [0.15, 0.2) is 0 Å². The van der Waals surface area contributed by atoms with E-state index in [1.165, 1.54) is 0 Å². The van der Waals surface area contributed by atoms with Gasteiger partial charge in [0.15, 0.2) is 5.72 Å². The zero-order chi connectivity index (χ0) is 12.5. The summed E-state index contributed by atoms with van der Waals surface area (Å²) in [4.78, 5) is 10.9. The number of carbonyl (C=O) groups excluding carboxylic acids is 1. The molecule has 0 bridgehead atoms. The number of amides is 1. The molecule has 1 fully saturated rings. The SMILES string of the molecule is CC(=O)N[C@]1(O)[C@H](O)[C@@H](O)[C@H](S)O[C@@H]1CO. The topological polar surface area (TPSA) is 119 Å². The van der Waals surface area contributed by atoms with E-state index in [1.54, 1.807) is 0 Å². The second-order valence-electron chi connectivity index (χ2n) is 3.64. The molecular formula is C8H15NO6S. The van der Waals surface area contributed by atoms with Crippen molar-refractivity contribution in [2.45, 2.75) is 36.4 Å². The molecule has 5 atom stereocenters. The molecule has 8 heteroatoms. The van der Waals surface area contributed by atoms with E-state index in [2.05, 4.69) is 12.6 Å². The molecule has 94 valence electrons. The second kappa shape index (κ2) is 4.86. The summed E-state index contributed by atoms with van der Waals surface area (Å²) < 4.78 is 4.97. The van der Waals surface area contributed by atoms with Crippen LogP contribution in [-0.4, -0.2) is 62.4 Å². The average molecular weight is 253 g/mol. The third kappa shape index (κ3) is 2.31. The molecule has 1 heterocycles. The van der Waals surface area contributed by atoms with Gasteiger partial charge in [0.25, 0.3) is 0 Å². The summed E-state index contributed by atoms with van der Waals surface area (Å²) in [5, 5.41) is 40.2. The number of carbonyl (C=O) groups is 1. The Hall–Kier alpha value is -0.380. The van der Waals surface area contributed by atoms with E-state index in [4.69, 9.17) is 9.84 Å². The minimum Gasteiger partial charge on any atom is -0.393 e. The predicted molar refractivity (Wildman–Crippen MR) is 55.5 cm³/mol. The van der Waals surface area contributed by atoms with Crippen molar-refractivity contribution in [1.29, 1.82) is 0 Å². The highest BCUT2D eigenvalue weighted by molar-refractivity contribution is 7.80. The molecule has 1 rings (SSSR count). The van der Waals surface area contributed by atoms with Crippen molar-refractivity contribution in [2.75, 3.05) is 6.61 Å². The molecule has 7 nitrogen and oxygen atoms in total. The van der Waals surface area contributed by atoms with Gasteiger partial charge in [0.1, 0.15) is 23.7 Å². The lowest BCUT2D eigenvalue weighted by atomic mass is 9.92. The molecular weight excluding hydrogens is 238 g/mol. The number of aliphatic hydroxyl groups is 4. The Balaban J connectivity index is 2.96. The van der Waals surface area contributed by atoms with Crippen LogP contribution in [-0.2, 0) is 9.53 Å². The van der Waals surface area contributed by atoms with Crippen molar-refractivity contribution in [2.24, 2.45) is 0 Å². The maximum absolute atomic E-state index is 10.9. The van der Waals surface area contributed by atoms with Gasteiger partial charge < -0.3 is 30.5 Å². The van der Waals surface area contributed by atoms with Crippen molar-refractivity contribution >= 4 is 18.5 Å². The van der Waals surface area contributed by atoms with E-state index in [0.717, 1.165) is 6.92 Å². The van der Waals surface area contributed by atoms with Crippen LogP contribution in [0.1, 0.15) is 6.92 Å². The monoisotopic (exact) mass is 253 g/mol. The Morgan fingerprint density at radius 2 is 2.12 bits per heavy atom. The fourth-order valence-corrected chi connectivity index (χ4v) is 1.89. The Morgan fingerprint density at radius 1 is 1.56 bits per heavy atom. The van der Waals surface area contributed by atoms with Gasteiger partial charge in [-0.25, -0.2) is 0 Å². The van der Waals surface area contributed by atoms with Crippen LogP contribution in [0.4, 0.5) is 0 Å². The molecule has 1 aliphatic rings. The first-order valence-corrected chi connectivity index (χ1v) is 5.16. The van der Waals surface area contributed by atoms with Crippen LogP contribution < -0.4 is 5.32 Å². The van der Waals surface area contributed by atoms with Crippen LogP contribution in [0.25, 0.3) is 0 Å². The Labute approximate surface area is 97.4 Å². The number of hydrogen-bond donors (Lipinski definition) is 6. The van der Waals surface area contributed by atoms with E-state index in [1.807, 2.05) is 5.32 Å². The first kappa shape index (κ1) is 13.7. The third-order valence-electron chi connectivity index (χ3n) is 2.40. The average Bonchev–Trinajstić information content (AvgIpc) is 2.20. The first-order chi connectivity index (χ1) is 7.32. The largest absolute Gasteiger partial charge is 0.393 e. The van der Waals surface area contributed by atoms with Gasteiger partial charge in [-0.05, 0) is 0 Å². The summed E-state index contributed by atoms with van der Waals surface area (Å²) >= 11 is 3.83. The molecule has 1 amide bonds. The first-order valence-electron chi connectivity index (χ1n) is 4.64.